The topological polar surface area (TPSA) is 17.1 Å². The lowest BCUT2D eigenvalue weighted by Crippen LogP contribution is -2.34. The highest BCUT2D eigenvalue weighted by Gasteiger charge is 2.37. The molecule has 0 saturated carbocycles. The third-order valence-electron chi connectivity index (χ3n) is 4.61. The maximum atomic E-state index is 11.0. The highest BCUT2D eigenvalue weighted by molar-refractivity contribution is 5.62. The molecule has 2 rings (SSSR count). The molecule has 1 nitrogen and oxygen atoms in total. The first-order chi connectivity index (χ1) is 8.28. The van der Waals surface area contributed by atoms with Gasteiger partial charge in [0.15, 0.2) is 0 Å². The molecule has 0 spiro atoms. The van der Waals surface area contributed by atoms with E-state index in [1.807, 2.05) is 6.92 Å². The minimum absolute atomic E-state index is 0.00358. The van der Waals surface area contributed by atoms with Crippen LogP contribution >= 0.6 is 0 Å². The quantitative estimate of drug-likeness (QED) is 0.707. The summed E-state index contributed by atoms with van der Waals surface area (Å²) in [6.07, 6.45) is 3.48. The van der Waals surface area contributed by atoms with E-state index >= 15 is 0 Å². The van der Waals surface area contributed by atoms with E-state index in [0.29, 0.717) is 0 Å². The lowest BCUT2D eigenvalue weighted by atomic mass is 9.63. The Balaban J connectivity index is 2.58. The van der Waals surface area contributed by atoms with Crippen LogP contribution in [0.25, 0.3) is 0 Å². The van der Waals surface area contributed by atoms with Gasteiger partial charge in [0.1, 0.15) is 6.29 Å². The van der Waals surface area contributed by atoms with Crippen molar-refractivity contribution in [2.75, 3.05) is 0 Å². The molecule has 1 atom stereocenters. The lowest BCUT2D eigenvalue weighted by Gasteiger charge is -2.42. The summed E-state index contributed by atoms with van der Waals surface area (Å²) in [5.74, 6) is -0.00358. The van der Waals surface area contributed by atoms with Crippen molar-refractivity contribution < 1.29 is 4.79 Å². The molecule has 0 fully saturated rings. The third-order valence-corrected chi connectivity index (χ3v) is 4.61. The van der Waals surface area contributed by atoms with Crippen LogP contribution in [0.5, 0.6) is 0 Å². The second-order valence-corrected chi connectivity index (χ2v) is 7.00. The summed E-state index contributed by atoms with van der Waals surface area (Å²) < 4.78 is 0. The van der Waals surface area contributed by atoms with E-state index in [2.05, 4.69) is 45.9 Å². The molecule has 1 aliphatic carbocycles. The molecule has 0 aliphatic heterocycles. The normalized spacial score (nSPS) is 22.1. The van der Waals surface area contributed by atoms with Gasteiger partial charge in [0.25, 0.3) is 0 Å². The molecule has 1 aliphatic rings. The van der Waals surface area contributed by atoms with E-state index in [4.69, 9.17) is 0 Å². The number of benzene rings is 1. The zero-order valence-corrected chi connectivity index (χ0v) is 12.2. The SMILES string of the molecule is C[C@@H](C=O)c1ccc2c(c1)C(C)(C)CCC2(C)C. The summed E-state index contributed by atoms with van der Waals surface area (Å²) in [5, 5.41) is 0. The summed E-state index contributed by atoms with van der Waals surface area (Å²) in [6, 6.07) is 6.63. The van der Waals surface area contributed by atoms with Crippen molar-refractivity contribution >= 4 is 6.29 Å². The lowest BCUT2D eigenvalue weighted by molar-refractivity contribution is -0.108. The van der Waals surface area contributed by atoms with Gasteiger partial charge in [0.2, 0.25) is 0 Å². The largest absolute Gasteiger partial charge is 0.303 e. The number of carbonyl (C=O) groups is 1. The van der Waals surface area contributed by atoms with Crippen LogP contribution in [0, 0.1) is 0 Å². The van der Waals surface area contributed by atoms with E-state index in [0.717, 1.165) is 11.8 Å². The fraction of sp³-hybridized carbons (Fsp3) is 0.588. The molecule has 0 radical (unpaired) electrons. The number of fused-ring (bicyclic) bond motifs is 1. The maximum absolute atomic E-state index is 11.0. The summed E-state index contributed by atoms with van der Waals surface area (Å²) in [4.78, 5) is 11.0. The average Bonchev–Trinajstić information content (AvgIpc) is 2.34. The van der Waals surface area contributed by atoms with Crippen molar-refractivity contribution in [2.45, 2.75) is 64.2 Å². The predicted molar refractivity (Wildman–Crippen MR) is 76.2 cm³/mol. The Morgan fingerprint density at radius 3 is 2.17 bits per heavy atom. The molecule has 98 valence electrons. The van der Waals surface area contributed by atoms with Gasteiger partial charge in [-0.25, -0.2) is 0 Å². The molecule has 18 heavy (non-hydrogen) atoms. The number of rotatable bonds is 2. The Hall–Kier alpha value is -1.11. The highest BCUT2D eigenvalue weighted by atomic mass is 16.1. The van der Waals surface area contributed by atoms with Crippen LogP contribution in [0.4, 0.5) is 0 Å². The van der Waals surface area contributed by atoms with Crippen LogP contribution in [-0.4, -0.2) is 6.29 Å². The summed E-state index contributed by atoms with van der Waals surface area (Å²) in [7, 11) is 0. The standard InChI is InChI=1S/C17H24O/c1-12(11-18)13-6-7-14-15(10-13)17(4,5)9-8-16(14,2)3/h6-7,10-12H,8-9H2,1-5H3/t12-/m0/s1. The Morgan fingerprint density at radius 2 is 1.61 bits per heavy atom. The van der Waals surface area contributed by atoms with E-state index in [1.165, 1.54) is 24.0 Å². The van der Waals surface area contributed by atoms with Crippen molar-refractivity contribution in [3.8, 4) is 0 Å². The van der Waals surface area contributed by atoms with Gasteiger partial charge in [-0.3, -0.25) is 0 Å². The van der Waals surface area contributed by atoms with Gasteiger partial charge in [0, 0.05) is 5.92 Å². The van der Waals surface area contributed by atoms with Crippen LogP contribution in [0.2, 0.25) is 0 Å². The van der Waals surface area contributed by atoms with Crippen molar-refractivity contribution in [1.82, 2.24) is 0 Å². The molecule has 0 amide bonds. The van der Waals surface area contributed by atoms with Gasteiger partial charge < -0.3 is 4.79 Å². The predicted octanol–water partition coefficient (Wildman–Crippen LogP) is 4.34. The van der Waals surface area contributed by atoms with Crippen LogP contribution in [0.3, 0.4) is 0 Å². The van der Waals surface area contributed by atoms with Gasteiger partial charge in [0.05, 0.1) is 0 Å². The summed E-state index contributed by atoms with van der Waals surface area (Å²) in [5.41, 5.74) is 4.53. The molecule has 0 N–H and O–H groups in total. The molecule has 1 heteroatoms. The van der Waals surface area contributed by atoms with Crippen molar-refractivity contribution in [3.05, 3.63) is 34.9 Å². The van der Waals surface area contributed by atoms with Crippen LogP contribution in [-0.2, 0) is 15.6 Å². The molecule has 0 saturated heterocycles. The highest BCUT2D eigenvalue weighted by Crippen LogP contribution is 2.46. The van der Waals surface area contributed by atoms with Gasteiger partial charge >= 0.3 is 0 Å². The Labute approximate surface area is 111 Å². The van der Waals surface area contributed by atoms with E-state index in [9.17, 15) is 4.79 Å². The van der Waals surface area contributed by atoms with Gasteiger partial charge in [-0.1, -0.05) is 52.8 Å². The Kier molecular flexibility index (Phi) is 3.12. The monoisotopic (exact) mass is 244 g/mol. The third kappa shape index (κ3) is 2.11. The van der Waals surface area contributed by atoms with Crippen molar-refractivity contribution in [1.29, 1.82) is 0 Å². The zero-order chi connectivity index (χ0) is 13.6. The molecule has 1 aromatic carbocycles. The van der Waals surface area contributed by atoms with Crippen LogP contribution < -0.4 is 0 Å². The van der Waals surface area contributed by atoms with E-state index in [-0.39, 0.29) is 16.7 Å². The number of aldehydes is 1. The second kappa shape index (κ2) is 4.22. The zero-order valence-electron chi connectivity index (χ0n) is 12.2. The van der Waals surface area contributed by atoms with E-state index < -0.39 is 0 Å². The van der Waals surface area contributed by atoms with Crippen molar-refractivity contribution in [2.24, 2.45) is 0 Å². The van der Waals surface area contributed by atoms with E-state index in [1.54, 1.807) is 0 Å². The first-order valence-corrected chi connectivity index (χ1v) is 6.88. The second-order valence-electron chi connectivity index (χ2n) is 7.00. The average molecular weight is 244 g/mol. The number of hydrogen-bond acceptors (Lipinski definition) is 1. The van der Waals surface area contributed by atoms with Crippen LogP contribution in [0.1, 0.15) is 70.1 Å². The first-order valence-electron chi connectivity index (χ1n) is 6.88. The number of carbonyl (C=O) groups excluding carboxylic acids is 1. The molecule has 0 unspecified atom stereocenters. The molecular weight excluding hydrogens is 220 g/mol. The maximum Gasteiger partial charge on any atom is 0.127 e. The first kappa shape index (κ1) is 13.3. The van der Waals surface area contributed by atoms with Gasteiger partial charge in [-0.15, -0.1) is 0 Å². The molecular formula is C17H24O. The number of hydrogen-bond donors (Lipinski definition) is 0. The van der Waals surface area contributed by atoms with Gasteiger partial charge in [-0.2, -0.15) is 0 Å². The smallest absolute Gasteiger partial charge is 0.127 e. The Morgan fingerprint density at radius 1 is 1.06 bits per heavy atom. The molecule has 0 bridgehead atoms. The minimum Gasteiger partial charge on any atom is -0.303 e. The summed E-state index contributed by atoms with van der Waals surface area (Å²) in [6.45, 7) is 11.2. The fourth-order valence-corrected chi connectivity index (χ4v) is 2.97. The van der Waals surface area contributed by atoms with Crippen molar-refractivity contribution in [3.63, 3.8) is 0 Å². The Bertz CT molecular complexity index is 468. The summed E-state index contributed by atoms with van der Waals surface area (Å²) >= 11 is 0. The molecule has 0 heterocycles. The minimum atomic E-state index is -0.00358. The molecule has 1 aromatic rings. The van der Waals surface area contributed by atoms with Gasteiger partial charge in [-0.05, 0) is 40.4 Å². The van der Waals surface area contributed by atoms with Crippen LogP contribution in [0.15, 0.2) is 18.2 Å². The molecule has 0 aromatic heterocycles. The fourth-order valence-electron chi connectivity index (χ4n) is 2.97.